The summed E-state index contributed by atoms with van der Waals surface area (Å²) in [6, 6.07) is 4.26. The normalized spacial score (nSPS) is 17.2. The number of piperidine rings is 1. The number of aliphatic imine (C=N–C) groups is 1. The van der Waals surface area contributed by atoms with Crippen molar-refractivity contribution in [2.45, 2.75) is 38.8 Å². The molecule has 7 heteroatoms. The van der Waals surface area contributed by atoms with Gasteiger partial charge in [-0.25, -0.2) is 0 Å². The Kier molecular flexibility index (Phi) is 6.71. The Hall–Kier alpha value is -2.28. The number of furan rings is 1. The molecule has 1 fully saturated rings. The number of rotatable bonds is 7. The highest BCUT2D eigenvalue weighted by Gasteiger charge is 2.24. The number of nitrogens with one attached hydrogen (secondary N) is 2. The molecule has 1 unspecified atom stereocenters. The highest BCUT2D eigenvalue weighted by Crippen LogP contribution is 2.24. The van der Waals surface area contributed by atoms with Crippen LogP contribution in [0.15, 0.2) is 40.2 Å². The molecule has 3 rings (SSSR count). The van der Waals surface area contributed by atoms with Crippen LogP contribution in [0, 0.1) is 6.92 Å². The molecule has 2 aromatic rings. The van der Waals surface area contributed by atoms with Crippen LogP contribution in [0.1, 0.15) is 36.6 Å². The van der Waals surface area contributed by atoms with Gasteiger partial charge in [-0.15, -0.1) is 0 Å². The number of aromatic nitrogens is 2. The zero-order valence-electron chi connectivity index (χ0n) is 15.8. The first-order valence-electron chi connectivity index (χ1n) is 9.47. The van der Waals surface area contributed by atoms with Crippen molar-refractivity contribution in [2.24, 2.45) is 4.99 Å². The number of hydrogen-bond donors (Lipinski definition) is 2. The molecule has 1 saturated heterocycles. The number of nitrogens with zero attached hydrogens (tertiary/aromatic N) is 4. The van der Waals surface area contributed by atoms with E-state index in [0.717, 1.165) is 44.4 Å². The summed E-state index contributed by atoms with van der Waals surface area (Å²) >= 11 is 0. The number of guanidine groups is 1. The van der Waals surface area contributed by atoms with Gasteiger partial charge in [-0.3, -0.25) is 14.6 Å². The van der Waals surface area contributed by atoms with E-state index in [1.54, 1.807) is 13.3 Å². The lowest BCUT2D eigenvalue weighted by molar-refractivity contribution is 0.146. The molecule has 1 aliphatic rings. The van der Waals surface area contributed by atoms with Gasteiger partial charge >= 0.3 is 0 Å². The fourth-order valence-electron chi connectivity index (χ4n) is 3.41. The molecule has 2 N–H and O–H groups in total. The fourth-order valence-corrected chi connectivity index (χ4v) is 3.41. The maximum absolute atomic E-state index is 5.70. The Morgan fingerprint density at radius 1 is 1.31 bits per heavy atom. The van der Waals surface area contributed by atoms with Crippen molar-refractivity contribution in [3.05, 3.63) is 42.1 Å². The molecule has 0 saturated carbocycles. The first-order valence-corrected chi connectivity index (χ1v) is 9.47. The van der Waals surface area contributed by atoms with Gasteiger partial charge in [-0.2, -0.15) is 5.10 Å². The van der Waals surface area contributed by atoms with E-state index < -0.39 is 0 Å². The van der Waals surface area contributed by atoms with Gasteiger partial charge in [-0.1, -0.05) is 6.42 Å². The van der Waals surface area contributed by atoms with Gasteiger partial charge in [0.05, 0.1) is 25.0 Å². The van der Waals surface area contributed by atoms with Gasteiger partial charge in [0.15, 0.2) is 5.96 Å². The topological polar surface area (TPSA) is 70.6 Å². The summed E-state index contributed by atoms with van der Waals surface area (Å²) in [6.45, 7) is 6.65. The second-order valence-corrected chi connectivity index (χ2v) is 6.79. The lowest BCUT2D eigenvalue weighted by atomic mass is 10.1. The number of hydrogen-bond acceptors (Lipinski definition) is 4. The Bertz CT molecular complexity index is 672. The quantitative estimate of drug-likeness (QED) is 0.586. The van der Waals surface area contributed by atoms with Crippen molar-refractivity contribution in [3.63, 3.8) is 0 Å². The lowest BCUT2D eigenvalue weighted by Gasteiger charge is -2.33. The SMILES string of the molecule is CN=C(NCCn1cc(C)cn1)NCC(c1ccco1)N1CCCCC1. The van der Waals surface area contributed by atoms with E-state index in [9.17, 15) is 0 Å². The standard InChI is InChI=1S/C19H30N6O/c1-16-13-23-25(15-16)11-8-21-19(20-2)22-14-17(18-7-6-12-26-18)24-9-4-3-5-10-24/h6-7,12-13,15,17H,3-5,8-11,14H2,1-2H3,(H2,20,21,22). The zero-order valence-corrected chi connectivity index (χ0v) is 15.8. The summed E-state index contributed by atoms with van der Waals surface area (Å²) < 4.78 is 7.64. The summed E-state index contributed by atoms with van der Waals surface area (Å²) in [5.41, 5.74) is 1.18. The highest BCUT2D eigenvalue weighted by atomic mass is 16.3. The predicted octanol–water partition coefficient (Wildman–Crippen LogP) is 2.18. The summed E-state index contributed by atoms with van der Waals surface area (Å²) in [7, 11) is 1.80. The number of likely N-dealkylation sites (tertiary alicyclic amines) is 1. The van der Waals surface area contributed by atoms with Crippen molar-refractivity contribution in [3.8, 4) is 0 Å². The van der Waals surface area contributed by atoms with E-state index in [1.807, 2.05) is 30.1 Å². The predicted molar refractivity (Wildman–Crippen MR) is 103 cm³/mol. The van der Waals surface area contributed by atoms with Gasteiger partial charge in [0.2, 0.25) is 0 Å². The van der Waals surface area contributed by atoms with Crippen LogP contribution >= 0.6 is 0 Å². The molecule has 0 bridgehead atoms. The fraction of sp³-hybridized carbons (Fsp3) is 0.579. The van der Waals surface area contributed by atoms with Gasteiger partial charge in [-0.05, 0) is 50.6 Å². The van der Waals surface area contributed by atoms with Gasteiger partial charge in [0, 0.05) is 26.3 Å². The molecule has 0 spiro atoms. The van der Waals surface area contributed by atoms with Gasteiger partial charge in [0.1, 0.15) is 5.76 Å². The maximum Gasteiger partial charge on any atom is 0.191 e. The van der Waals surface area contributed by atoms with Crippen molar-refractivity contribution < 1.29 is 4.42 Å². The van der Waals surface area contributed by atoms with Crippen molar-refractivity contribution in [1.29, 1.82) is 0 Å². The van der Waals surface area contributed by atoms with Crippen LogP contribution in [-0.4, -0.2) is 53.9 Å². The Morgan fingerprint density at radius 2 is 2.15 bits per heavy atom. The molecular weight excluding hydrogens is 328 g/mol. The largest absolute Gasteiger partial charge is 0.468 e. The first kappa shape index (κ1) is 18.5. The Labute approximate surface area is 155 Å². The molecule has 0 aliphatic carbocycles. The Balaban J connectivity index is 1.51. The van der Waals surface area contributed by atoms with Gasteiger partial charge < -0.3 is 15.1 Å². The second-order valence-electron chi connectivity index (χ2n) is 6.79. The Morgan fingerprint density at radius 3 is 2.81 bits per heavy atom. The monoisotopic (exact) mass is 358 g/mol. The maximum atomic E-state index is 5.70. The van der Waals surface area contributed by atoms with Crippen LogP contribution < -0.4 is 10.6 Å². The smallest absolute Gasteiger partial charge is 0.191 e. The molecule has 26 heavy (non-hydrogen) atoms. The summed E-state index contributed by atoms with van der Waals surface area (Å²) in [5.74, 6) is 1.82. The molecule has 0 amide bonds. The molecule has 1 atom stereocenters. The molecule has 142 valence electrons. The van der Waals surface area contributed by atoms with E-state index in [1.165, 1.54) is 24.8 Å². The summed E-state index contributed by atoms with van der Waals surface area (Å²) in [5, 5.41) is 11.1. The summed E-state index contributed by atoms with van der Waals surface area (Å²) in [4.78, 5) is 6.85. The minimum atomic E-state index is 0.234. The molecule has 2 aromatic heterocycles. The second kappa shape index (κ2) is 9.43. The summed E-state index contributed by atoms with van der Waals surface area (Å²) in [6.07, 6.45) is 9.51. The van der Waals surface area contributed by atoms with Crippen LogP contribution in [0.3, 0.4) is 0 Å². The molecule has 7 nitrogen and oxygen atoms in total. The third kappa shape index (κ3) is 5.11. The molecular formula is C19H30N6O. The lowest BCUT2D eigenvalue weighted by Crippen LogP contribution is -2.45. The van der Waals surface area contributed by atoms with Crippen LogP contribution in [0.4, 0.5) is 0 Å². The third-order valence-corrected chi connectivity index (χ3v) is 4.79. The molecule has 1 aliphatic heterocycles. The van der Waals surface area contributed by atoms with Crippen LogP contribution in [0.5, 0.6) is 0 Å². The minimum Gasteiger partial charge on any atom is -0.468 e. The van der Waals surface area contributed by atoms with Crippen LogP contribution in [-0.2, 0) is 6.54 Å². The van der Waals surface area contributed by atoms with E-state index in [4.69, 9.17) is 4.42 Å². The zero-order chi connectivity index (χ0) is 18.2. The average Bonchev–Trinajstić information content (AvgIpc) is 3.33. The molecule has 3 heterocycles. The van der Waals surface area contributed by atoms with E-state index in [-0.39, 0.29) is 6.04 Å². The van der Waals surface area contributed by atoms with E-state index in [0.29, 0.717) is 0 Å². The van der Waals surface area contributed by atoms with Gasteiger partial charge in [0.25, 0.3) is 0 Å². The minimum absolute atomic E-state index is 0.234. The van der Waals surface area contributed by atoms with Crippen molar-refractivity contribution >= 4 is 5.96 Å². The average molecular weight is 358 g/mol. The highest BCUT2D eigenvalue weighted by molar-refractivity contribution is 5.79. The van der Waals surface area contributed by atoms with Crippen LogP contribution in [0.2, 0.25) is 0 Å². The number of aryl methyl sites for hydroxylation is 1. The van der Waals surface area contributed by atoms with E-state index >= 15 is 0 Å². The third-order valence-electron chi connectivity index (χ3n) is 4.79. The molecule has 0 radical (unpaired) electrons. The molecule has 0 aromatic carbocycles. The first-order chi connectivity index (χ1) is 12.8. The van der Waals surface area contributed by atoms with E-state index in [2.05, 4.69) is 31.7 Å². The van der Waals surface area contributed by atoms with Crippen molar-refractivity contribution in [1.82, 2.24) is 25.3 Å². The van der Waals surface area contributed by atoms with Crippen LogP contribution in [0.25, 0.3) is 0 Å². The van der Waals surface area contributed by atoms with Crippen molar-refractivity contribution in [2.75, 3.05) is 33.2 Å².